The van der Waals surface area contributed by atoms with Crippen molar-refractivity contribution in [1.82, 2.24) is 0 Å². The molecule has 3 heteroatoms. The predicted molar refractivity (Wildman–Crippen MR) is 124 cm³/mol. The van der Waals surface area contributed by atoms with Crippen LogP contribution in [0.3, 0.4) is 0 Å². The molecular weight excluding hydrogens is 400 g/mol. The minimum Gasteiger partial charge on any atom is -0.355 e. The SMILES string of the molecule is CCCOCOCCCC(C)CC(C)CC(C)CC(C)CC(C)CC(C)Br. The summed E-state index contributed by atoms with van der Waals surface area (Å²) in [4.78, 5) is 0.646. The average Bonchev–Trinajstić information content (AvgIpc) is 2.52. The molecular formula is C24H49BrO2. The minimum atomic E-state index is 0.460. The molecule has 0 aromatic rings. The van der Waals surface area contributed by atoms with Crippen molar-refractivity contribution in [2.45, 2.75) is 105 Å². The van der Waals surface area contributed by atoms with Gasteiger partial charge in [0.05, 0.1) is 0 Å². The van der Waals surface area contributed by atoms with Crippen molar-refractivity contribution in [1.29, 1.82) is 0 Å². The van der Waals surface area contributed by atoms with Gasteiger partial charge in [0.25, 0.3) is 0 Å². The zero-order valence-corrected chi connectivity index (χ0v) is 21.0. The summed E-state index contributed by atoms with van der Waals surface area (Å²) < 4.78 is 10.9. The van der Waals surface area contributed by atoms with Gasteiger partial charge in [-0.3, -0.25) is 0 Å². The van der Waals surface area contributed by atoms with E-state index in [1.165, 1.54) is 38.5 Å². The standard InChI is InChI=1S/C24H49BrO2/c1-8-11-26-18-27-12-9-10-19(2)13-20(3)14-21(4)15-22(5)16-23(6)17-24(7)25/h19-24H,8-18H2,1-7H3. The summed E-state index contributed by atoms with van der Waals surface area (Å²) in [5, 5.41) is 0. The maximum absolute atomic E-state index is 5.53. The van der Waals surface area contributed by atoms with Crippen LogP contribution in [0.15, 0.2) is 0 Å². The van der Waals surface area contributed by atoms with Crippen LogP contribution >= 0.6 is 15.9 Å². The summed E-state index contributed by atoms with van der Waals surface area (Å²) in [5.74, 6) is 4.14. The maximum Gasteiger partial charge on any atom is 0.146 e. The summed E-state index contributed by atoms with van der Waals surface area (Å²) in [6, 6.07) is 0. The lowest BCUT2D eigenvalue weighted by Gasteiger charge is -2.24. The second-order valence-electron chi connectivity index (χ2n) is 9.56. The third kappa shape index (κ3) is 18.2. The number of alkyl halides is 1. The van der Waals surface area contributed by atoms with Crippen molar-refractivity contribution in [3.63, 3.8) is 0 Å². The molecule has 0 heterocycles. The van der Waals surface area contributed by atoms with E-state index in [0.717, 1.165) is 55.6 Å². The molecule has 0 radical (unpaired) electrons. The van der Waals surface area contributed by atoms with E-state index in [9.17, 15) is 0 Å². The third-order valence-electron chi connectivity index (χ3n) is 5.45. The Morgan fingerprint density at radius 3 is 1.56 bits per heavy atom. The van der Waals surface area contributed by atoms with Gasteiger partial charge in [0.15, 0.2) is 0 Å². The lowest BCUT2D eigenvalue weighted by molar-refractivity contribution is -0.0549. The zero-order chi connectivity index (χ0) is 20.7. The molecule has 2 nitrogen and oxygen atoms in total. The Hall–Kier alpha value is 0.400. The fourth-order valence-corrected chi connectivity index (χ4v) is 5.30. The van der Waals surface area contributed by atoms with Crippen LogP contribution in [-0.2, 0) is 9.47 Å². The van der Waals surface area contributed by atoms with E-state index in [1.807, 2.05) is 0 Å². The summed E-state index contributed by atoms with van der Waals surface area (Å²) in [6.45, 7) is 18.6. The molecule has 0 spiro atoms. The molecule has 0 aliphatic heterocycles. The van der Waals surface area contributed by atoms with Crippen molar-refractivity contribution < 1.29 is 9.47 Å². The van der Waals surface area contributed by atoms with Crippen molar-refractivity contribution in [3.8, 4) is 0 Å². The topological polar surface area (TPSA) is 18.5 Å². The van der Waals surface area contributed by atoms with Gasteiger partial charge in [-0.15, -0.1) is 0 Å². The second-order valence-corrected chi connectivity index (χ2v) is 11.1. The second kappa shape index (κ2) is 17.3. The Labute approximate surface area is 179 Å². The van der Waals surface area contributed by atoms with Gasteiger partial charge in [-0.1, -0.05) is 64.4 Å². The van der Waals surface area contributed by atoms with Crippen LogP contribution in [0, 0.1) is 29.6 Å². The highest BCUT2D eigenvalue weighted by Gasteiger charge is 2.17. The Morgan fingerprint density at radius 2 is 1.07 bits per heavy atom. The van der Waals surface area contributed by atoms with Crippen LogP contribution in [0.1, 0.15) is 99.8 Å². The summed E-state index contributed by atoms with van der Waals surface area (Å²) in [7, 11) is 0. The number of hydrogen-bond acceptors (Lipinski definition) is 2. The van der Waals surface area contributed by atoms with Gasteiger partial charge in [-0.2, -0.15) is 0 Å². The van der Waals surface area contributed by atoms with Crippen LogP contribution < -0.4 is 0 Å². The van der Waals surface area contributed by atoms with Crippen LogP contribution in [-0.4, -0.2) is 24.8 Å². The quantitative estimate of drug-likeness (QED) is 0.120. The number of halogens is 1. The lowest BCUT2D eigenvalue weighted by Crippen LogP contribution is -2.13. The number of hydrogen-bond donors (Lipinski definition) is 0. The molecule has 0 rings (SSSR count). The minimum absolute atomic E-state index is 0.460. The molecule has 0 aromatic heterocycles. The van der Waals surface area contributed by atoms with Crippen molar-refractivity contribution >= 4 is 15.9 Å². The first-order valence-electron chi connectivity index (χ1n) is 11.5. The van der Waals surface area contributed by atoms with Crippen molar-refractivity contribution in [3.05, 3.63) is 0 Å². The fraction of sp³-hybridized carbons (Fsp3) is 1.00. The first-order chi connectivity index (χ1) is 12.7. The average molecular weight is 450 g/mol. The van der Waals surface area contributed by atoms with E-state index in [1.54, 1.807) is 0 Å². The van der Waals surface area contributed by atoms with Gasteiger partial charge < -0.3 is 9.47 Å². The molecule has 0 bridgehead atoms. The molecule has 0 aliphatic carbocycles. The van der Waals surface area contributed by atoms with E-state index >= 15 is 0 Å². The van der Waals surface area contributed by atoms with E-state index in [4.69, 9.17) is 9.47 Å². The first-order valence-corrected chi connectivity index (χ1v) is 12.5. The van der Waals surface area contributed by atoms with E-state index in [2.05, 4.69) is 64.4 Å². The highest BCUT2D eigenvalue weighted by molar-refractivity contribution is 9.09. The summed E-state index contributed by atoms with van der Waals surface area (Å²) in [6.07, 6.45) is 10.2. The smallest absolute Gasteiger partial charge is 0.146 e. The number of ether oxygens (including phenoxy) is 2. The van der Waals surface area contributed by atoms with E-state index in [0.29, 0.717) is 11.6 Å². The molecule has 6 atom stereocenters. The molecule has 0 saturated carbocycles. The molecule has 164 valence electrons. The molecule has 0 saturated heterocycles. The highest BCUT2D eigenvalue weighted by Crippen LogP contribution is 2.29. The van der Waals surface area contributed by atoms with E-state index < -0.39 is 0 Å². The predicted octanol–water partition coefficient (Wildman–Crippen LogP) is 8.08. The van der Waals surface area contributed by atoms with Gasteiger partial charge in [0.1, 0.15) is 6.79 Å². The van der Waals surface area contributed by atoms with Crippen LogP contribution in [0.25, 0.3) is 0 Å². The monoisotopic (exact) mass is 448 g/mol. The van der Waals surface area contributed by atoms with Gasteiger partial charge in [-0.25, -0.2) is 0 Å². The molecule has 6 unspecified atom stereocenters. The van der Waals surface area contributed by atoms with Crippen LogP contribution in [0.5, 0.6) is 0 Å². The van der Waals surface area contributed by atoms with E-state index in [-0.39, 0.29) is 0 Å². The largest absolute Gasteiger partial charge is 0.355 e. The molecule has 0 fully saturated rings. The zero-order valence-electron chi connectivity index (χ0n) is 19.4. The molecule has 0 aliphatic rings. The Bertz CT molecular complexity index is 322. The summed E-state index contributed by atoms with van der Waals surface area (Å²) in [5.41, 5.74) is 0. The van der Waals surface area contributed by atoms with Gasteiger partial charge in [-0.05, 0) is 81.0 Å². The molecule has 0 amide bonds. The Morgan fingerprint density at radius 1 is 0.630 bits per heavy atom. The first kappa shape index (κ1) is 27.4. The Balaban J connectivity index is 3.80. The molecule has 0 N–H and O–H groups in total. The van der Waals surface area contributed by atoms with Crippen LogP contribution in [0.2, 0.25) is 0 Å². The van der Waals surface area contributed by atoms with Gasteiger partial charge in [0.2, 0.25) is 0 Å². The Kier molecular flexibility index (Phi) is 17.5. The highest BCUT2D eigenvalue weighted by atomic mass is 79.9. The van der Waals surface area contributed by atoms with Crippen LogP contribution in [0.4, 0.5) is 0 Å². The maximum atomic E-state index is 5.53. The fourth-order valence-electron chi connectivity index (χ4n) is 4.66. The third-order valence-corrected chi connectivity index (χ3v) is 5.82. The molecule has 0 aromatic carbocycles. The summed E-state index contributed by atoms with van der Waals surface area (Å²) >= 11 is 3.69. The van der Waals surface area contributed by atoms with Gasteiger partial charge >= 0.3 is 0 Å². The van der Waals surface area contributed by atoms with Crippen molar-refractivity contribution in [2.75, 3.05) is 20.0 Å². The van der Waals surface area contributed by atoms with Crippen molar-refractivity contribution in [2.24, 2.45) is 29.6 Å². The number of rotatable bonds is 18. The molecule has 27 heavy (non-hydrogen) atoms. The van der Waals surface area contributed by atoms with Gasteiger partial charge in [0, 0.05) is 18.0 Å². The normalized spacial score (nSPS) is 18.7. The lowest BCUT2D eigenvalue weighted by atomic mass is 9.82.